The summed E-state index contributed by atoms with van der Waals surface area (Å²) in [6.45, 7) is 7.61. The molecular formula is C18H29NO2. The van der Waals surface area contributed by atoms with Crippen LogP contribution in [0.4, 0.5) is 0 Å². The molecule has 0 spiro atoms. The number of aryl methyl sites for hydroxylation is 1. The average Bonchev–Trinajstić information content (AvgIpc) is 2.45. The van der Waals surface area contributed by atoms with Gasteiger partial charge in [-0.15, -0.1) is 0 Å². The van der Waals surface area contributed by atoms with Crippen molar-refractivity contribution in [3.63, 3.8) is 0 Å². The van der Waals surface area contributed by atoms with Crippen molar-refractivity contribution in [2.24, 2.45) is 5.41 Å². The lowest BCUT2D eigenvalue weighted by Crippen LogP contribution is -2.36. The number of hydrogen-bond donors (Lipinski definition) is 1. The molecule has 0 heterocycles. The van der Waals surface area contributed by atoms with Crippen LogP contribution in [-0.4, -0.2) is 26.9 Å². The number of benzene rings is 1. The Labute approximate surface area is 129 Å². The molecular weight excluding hydrogens is 262 g/mol. The molecule has 0 aromatic heterocycles. The largest absolute Gasteiger partial charge is 0.497 e. The molecule has 3 heteroatoms. The molecule has 1 aromatic carbocycles. The fourth-order valence-electron chi connectivity index (χ4n) is 2.93. The lowest BCUT2D eigenvalue weighted by atomic mass is 9.85. The number of ether oxygens (including phenoxy) is 2. The van der Waals surface area contributed by atoms with Crippen molar-refractivity contribution < 1.29 is 9.47 Å². The highest BCUT2D eigenvalue weighted by molar-refractivity contribution is 5.39. The van der Waals surface area contributed by atoms with Gasteiger partial charge in [-0.2, -0.15) is 0 Å². The van der Waals surface area contributed by atoms with Gasteiger partial charge in [0.25, 0.3) is 0 Å². The van der Waals surface area contributed by atoms with Crippen LogP contribution in [0.25, 0.3) is 0 Å². The third-order valence-electron chi connectivity index (χ3n) is 4.25. The number of hydrogen-bond acceptors (Lipinski definition) is 3. The first-order valence-electron chi connectivity index (χ1n) is 7.90. The Morgan fingerprint density at radius 1 is 1.29 bits per heavy atom. The maximum Gasteiger partial charge on any atom is 0.119 e. The van der Waals surface area contributed by atoms with Gasteiger partial charge in [-0.25, -0.2) is 0 Å². The number of rotatable bonds is 5. The van der Waals surface area contributed by atoms with Gasteiger partial charge in [0.2, 0.25) is 0 Å². The second-order valence-electron chi connectivity index (χ2n) is 7.09. The predicted octanol–water partition coefficient (Wildman–Crippen LogP) is 3.72. The van der Waals surface area contributed by atoms with Gasteiger partial charge >= 0.3 is 0 Å². The Hall–Kier alpha value is -1.06. The zero-order valence-electron chi connectivity index (χ0n) is 14.0. The van der Waals surface area contributed by atoms with E-state index in [9.17, 15) is 0 Å². The SMILES string of the molecule is CNC1c2ccc(OC)cc2CCC1OCCC(C)(C)C. The highest BCUT2D eigenvalue weighted by atomic mass is 16.5. The van der Waals surface area contributed by atoms with E-state index < -0.39 is 0 Å². The molecule has 1 aromatic rings. The summed E-state index contributed by atoms with van der Waals surface area (Å²) in [5, 5.41) is 3.43. The molecule has 0 radical (unpaired) electrons. The minimum atomic E-state index is 0.262. The Bertz CT molecular complexity index is 465. The van der Waals surface area contributed by atoms with E-state index in [2.05, 4.69) is 38.2 Å². The highest BCUT2D eigenvalue weighted by Gasteiger charge is 2.29. The van der Waals surface area contributed by atoms with E-state index in [0.717, 1.165) is 31.6 Å². The molecule has 0 saturated carbocycles. The van der Waals surface area contributed by atoms with E-state index in [1.54, 1.807) is 7.11 Å². The number of methoxy groups -OCH3 is 1. The molecule has 0 saturated heterocycles. The van der Waals surface area contributed by atoms with E-state index in [0.29, 0.717) is 5.41 Å². The van der Waals surface area contributed by atoms with Crippen LogP contribution < -0.4 is 10.1 Å². The summed E-state index contributed by atoms with van der Waals surface area (Å²) in [5.41, 5.74) is 3.06. The Balaban J connectivity index is 2.05. The molecule has 2 atom stereocenters. The standard InChI is InChI=1S/C18H29NO2/c1-18(2,3)10-11-21-16-9-6-13-12-14(20-5)7-8-15(13)17(16)19-4/h7-8,12,16-17,19H,6,9-11H2,1-5H3. The summed E-state index contributed by atoms with van der Waals surface area (Å²) in [4.78, 5) is 0. The first kappa shape index (κ1) is 16.3. The van der Waals surface area contributed by atoms with Gasteiger partial charge < -0.3 is 14.8 Å². The van der Waals surface area contributed by atoms with Gasteiger partial charge in [-0.05, 0) is 55.0 Å². The molecule has 2 rings (SSSR count). The number of fused-ring (bicyclic) bond motifs is 1. The van der Waals surface area contributed by atoms with Gasteiger partial charge in [0.15, 0.2) is 0 Å². The van der Waals surface area contributed by atoms with Crippen molar-refractivity contribution in [3.8, 4) is 5.75 Å². The van der Waals surface area contributed by atoms with E-state index in [-0.39, 0.29) is 12.1 Å². The topological polar surface area (TPSA) is 30.5 Å². The lowest BCUT2D eigenvalue weighted by Gasteiger charge is -2.34. The number of likely N-dealkylation sites (N-methyl/N-ethyl adjacent to an activating group) is 1. The third-order valence-corrected chi connectivity index (χ3v) is 4.25. The summed E-state index contributed by atoms with van der Waals surface area (Å²) in [6, 6.07) is 6.65. The van der Waals surface area contributed by atoms with Crippen molar-refractivity contribution in [1.29, 1.82) is 0 Å². The molecule has 0 aliphatic heterocycles. The quantitative estimate of drug-likeness (QED) is 0.897. The van der Waals surface area contributed by atoms with Crippen molar-refractivity contribution in [2.75, 3.05) is 20.8 Å². The van der Waals surface area contributed by atoms with Crippen LogP contribution in [0.2, 0.25) is 0 Å². The molecule has 0 bridgehead atoms. The molecule has 0 amide bonds. The van der Waals surface area contributed by atoms with Gasteiger partial charge in [0.05, 0.1) is 19.3 Å². The summed E-state index contributed by atoms with van der Waals surface area (Å²) in [5.74, 6) is 0.940. The van der Waals surface area contributed by atoms with E-state index >= 15 is 0 Å². The molecule has 0 fully saturated rings. The Morgan fingerprint density at radius 3 is 2.67 bits per heavy atom. The van der Waals surface area contributed by atoms with Gasteiger partial charge in [-0.3, -0.25) is 0 Å². The van der Waals surface area contributed by atoms with Crippen LogP contribution in [0.5, 0.6) is 5.75 Å². The van der Waals surface area contributed by atoms with Crippen LogP contribution in [-0.2, 0) is 11.2 Å². The predicted molar refractivity (Wildman–Crippen MR) is 86.9 cm³/mol. The number of nitrogens with one attached hydrogen (secondary N) is 1. The van der Waals surface area contributed by atoms with Crippen molar-refractivity contribution in [2.45, 2.75) is 52.2 Å². The van der Waals surface area contributed by atoms with Gasteiger partial charge in [-0.1, -0.05) is 26.8 Å². The minimum Gasteiger partial charge on any atom is -0.497 e. The minimum absolute atomic E-state index is 0.262. The highest BCUT2D eigenvalue weighted by Crippen LogP contribution is 2.34. The normalized spacial score (nSPS) is 22.0. The zero-order chi connectivity index (χ0) is 15.5. The second kappa shape index (κ2) is 6.80. The Kier molecular flexibility index (Phi) is 5.28. The van der Waals surface area contributed by atoms with Crippen LogP contribution in [0.1, 0.15) is 50.8 Å². The molecule has 1 aliphatic rings. The summed E-state index contributed by atoms with van der Waals surface area (Å²) in [6.07, 6.45) is 3.48. The first-order chi connectivity index (χ1) is 9.94. The van der Waals surface area contributed by atoms with Crippen LogP contribution in [0, 0.1) is 5.41 Å². The van der Waals surface area contributed by atoms with Crippen LogP contribution in [0.3, 0.4) is 0 Å². The van der Waals surface area contributed by atoms with Crippen LogP contribution >= 0.6 is 0 Å². The van der Waals surface area contributed by atoms with Crippen molar-refractivity contribution in [3.05, 3.63) is 29.3 Å². The van der Waals surface area contributed by atoms with E-state index in [1.165, 1.54) is 11.1 Å². The van der Waals surface area contributed by atoms with E-state index in [1.807, 2.05) is 13.1 Å². The van der Waals surface area contributed by atoms with Crippen LogP contribution in [0.15, 0.2) is 18.2 Å². The molecule has 2 unspecified atom stereocenters. The lowest BCUT2D eigenvalue weighted by molar-refractivity contribution is 0.00577. The fourth-order valence-corrected chi connectivity index (χ4v) is 2.93. The van der Waals surface area contributed by atoms with Gasteiger partial charge in [0, 0.05) is 6.61 Å². The first-order valence-corrected chi connectivity index (χ1v) is 7.90. The Morgan fingerprint density at radius 2 is 2.05 bits per heavy atom. The monoisotopic (exact) mass is 291 g/mol. The average molecular weight is 291 g/mol. The van der Waals surface area contributed by atoms with Crippen molar-refractivity contribution in [1.82, 2.24) is 5.32 Å². The molecule has 118 valence electrons. The maximum absolute atomic E-state index is 6.18. The van der Waals surface area contributed by atoms with Crippen molar-refractivity contribution >= 4 is 0 Å². The van der Waals surface area contributed by atoms with Gasteiger partial charge in [0.1, 0.15) is 5.75 Å². The molecule has 1 N–H and O–H groups in total. The van der Waals surface area contributed by atoms with E-state index in [4.69, 9.17) is 9.47 Å². The molecule has 21 heavy (non-hydrogen) atoms. The summed E-state index contributed by atoms with van der Waals surface area (Å²) in [7, 11) is 3.74. The maximum atomic E-state index is 6.18. The molecule has 3 nitrogen and oxygen atoms in total. The molecule has 1 aliphatic carbocycles. The zero-order valence-corrected chi connectivity index (χ0v) is 14.0. The third kappa shape index (κ3) is 4.21. The second-order valence-corrected chi connectivity index (χ2v) is 7.09. The summed E-state index contributed by atoms with van der Waals surface area (Å²) >= 11 is 0. The fraction of sp³-hybridized carbons (Fsp3) is 0.667. The summed E-state index contributed by atoms with van der Waals surface area (Å²) < 4.78 is 11.5. The smallest absolute Gasteiger partial charge is 0.119 e.